The first-order valence-electron chi connectivity index (χ1n) is 4.96. The van der Waals surface area contributed by atoms with Crippen LogP contribution in [0.2, 0.25) is 0 Å². The van der Waals surface area contributed by atoms with E-state index < -0.39 is 0 Å². The summed E-state index contributed by atoms with van der Waals surface area (Å²) in [7, 11) is 0. The van der Waals surface area contributed by atoms with Gasteiger partial charge < -0.3 is 10.5 Å². The van der Waals surface area contributed by atoms with Gasteiger partial charge in [0, 0.05) is 12.3 Å². The molecule has 0 aromatic heterocycles. The molecule has 1 aliphatic rings. The minimum Gasteiger partial charge on any atom is -0.490 e. The van der Waals surface area contributed by atoms with Crippen LogP contribution >= 0.6 is 15.9 Å². The highest BCUT2D eigenvalue weighted by atomic mass is 79.9. The first kappa shape index (κ1) is 11.4. The van der Waals surface area contributed by atoms with Crippen molar-refractivity contribution >= 4 is 21.8 Å². The monoisotopic (exact) mass is 287 g/mol. The fraction of sp³-hybridized carbons (Fsp3) is 0.364. The number of hydrogen-bond acceptors (Lipinski definition) is 2. The Morgan fingerprint density at radius 3 is 3.00 bits per heavy atom. The summed E-state index contributed by atoms with van der Waals surface area (Å²) in [4.78, 5) is 10.7. The molecule has 2 rings (SSSR count). The van der Waals surface area contributed by atoms with Crippen LogP contribution in [0.15, 0.2) is 22.7 Å². The van der Waals surface area contributed by atoms with Crippen molar-refractivity contribution in [3.8, 4) is 5.75 Å². The summed E-state index contributed by atoms with van der Waals surface area (Å²) >= 11 is 3.08. The Kier molecular flexibility index (Phi) is 3.14. The zero-order valence-electron chi connectivity index (χ0n) is 8.45. The van der Waals surface area contributed by atoms with Crippen LogP contribution in [0, 0.1) is 11.7 Å². The first-order valence-corrected chi connectivity index (χ1v) is 5.75. The Balaban J connectivity index is 1.91. The van der Waals surface area contributed by atoms with E-state index in [0.717, 1.165) is 6.42 Å². The lowest BCUT2D eigenvalue weighted by Crippen LogP contribution is -2.13. The molecule has 0 saturated heterocycles. The molecule has 86 valence electrons. The van der Waals surface area contributed by atoms with Crippen molar-refractivity contribution in [2.75, 3.05) is 0 Å². The van der Waals surface area contributed by atoms with Crippen molar-refractivity contribution in [1.82, 2.24) is 0 Å². The van der Waals surface area contributed by atoms with Crippen molar-refractivity contribution in [3.63, 3.8) is 0 Å². The topological polar surface area (TPSA) is 52.3 Å². The normalized spacial score (nSPS) is 22.9. The average molecular weight is 288 g/mol. The Bertz CT molecular complexity index is 424. The van der Waals surface area contributed by atoms with Gasteiger partial charge in [-0.1, -0.05) is 0 Å². The number of carbonyl (C=O) groups is 1. The van der Waals surface area contributed by atoms with Crippen molar-refractivity contribution in [2.24, 2.45) is 11.7 Å². The van der Waals surface area contributed by atoms with Crippen molar-refractivity contribution in [2.45, 2.75) is 18.9 Å². The van der Waals surface area contributed by atoms with E-state index in [2.05, 4.69) is 15.9 Å². The minimum absolute atomic E-state index is 0.0323. The summed E-state index contributed by atoms with van der Waals surface area (Å²) in [6.45, 7) is 0. The summed E-state index contributed by atoms with van der Waals surface area (Å²) < 4.78 is 18.9. The number of rotatable bonds is 4. The Morgan fingerprint density at radius 2 is 2.38 bits per heavy atom. The van der Waals surface area contributed by atoms with Gasteiger partial charge in [0.25, 0.3) is 0 Å². The van der Waals surface area contributed by atoms with E-state index in [9.17, 15) is 9.18 Å². The largest absolute Gasteiger partial charge is 0.490 e. The third-order valence-electron chi connectivity index (χ3n) is 2.50. The van der Waals surface area contributed by atoms with Gasteiger partial charge in [-0.3, -0.25) is 4.79 Å². The molecule has 2 atom stereocenters. The maximum absolute atomic E-state index is 12.9. The molecular weight excluding hydrogens is 277 g/mol. The number of nitrogens with two attached hydrogens (primary N) is 1. The molecular formula is C11H11BrFNO2. The molecule has 1 fully saturated rings. The van der Waals surface area contributed by atoms with Crippen LogP contribution in [0.4, 0.5) is 4.39 Å². The predicted molar refractivity (Wildman–Crippen MR) is 60.4 cm³/mol. The van der Waals surface area contributed by atoms with Crippen LogP contribution in [-0.2, 0) is 4.79 Å². The molecule has 0 heterocycles. The number of carbonyl (C=O) groups excluding carboxylic acids is 1. The third-order valence-corrected chi connectivity index (χ3v) is 3.11. The molecule has 1 aromatic carbocycles. The second-order valence-corrected chi connectivity index (χ2v) is 4.75. The first-order chi connectivity index (χ1) is 7.56. The number of hydrogen-bond donors (Lipinski definition) is 1. The lowest BCUT2D eigenvalue weighted by atomic mass is 10.3. The Hall–Kier alpha value is -1.10. The smallest absolute Gasteiger partial charge is 0.217 e. The molecule has 1 amide bonds. The Morgan fingerprint density at radius 1 is 1.62 bits per heavy atom. The molecule has 1 aliphatic carbocycles. The van der Waals surface area contributed by atoms with Crippen LogP contribution < -0.4 is 10.5 Å². The number of ether oxygens (including phenoxy) is 1. The van der Waals surface area contributed by atoms with Gasteiger partial charge in [0.2, 0.25) is 5.91 Å². The molecule has 0 bridgehead atoms. The number of amides is 1. The lowest BCUT2D eigenvalue weighted by Gasteiger charge is -2.05. The molecule has 16 heavy (non-hydrogen) atoms. The van der Waals surface area contributed by atoms with E-state index in [1.54, 1.807) is 12.1 Å². The molecule has 1 saturated carbocycles. The summed E-state index contributed by atoms with van der Waals surface area (Å²) in [5.74, 6) is 0.180. The van der Waals surface area contributed by atoms with Gasteiger partial charge in [-0.2, -0.15) is 0 Å². The molecule has 1 aromatic rings. The summed E-state index contributed by atoms with van der Waals surface area (Å²) in [6, 6.07) is 4.49. The van der Waals surface area contributed by atoms with Gasteiger partial charge in [0.1, 0.15) is 17.7 Å². The van der Waals surface area contributed by atoms with Gasteiger partial charge in [-0.05, 0) is 40.5 Å². The minimum atomic E-state index is -0.322. The number of benzene rings is 1. The molecule has 3 nitrogen and oxygen atoms in total. The van der Waals surface area contributed by atoms with E-state index >= 15 is 0 Å². The summed E-state index contributed by atoms with van der Waals surface area (Å²) in [5.41, 5.74) is 5.08. The standard InChI is InChI=1S/C11H11BrFNO2/c12-8-5-7(1-2-9(8)13)16-10-3-6(10)4-11(14)15/h1-2,5-6,10H,3-4H2,(H2,14,15). The molecule has 5 heteroatoms. The SMILES string of the molecule is NC(=O)CC1CC1Oc1ccc(F)c(Br)c1. The molecule has 0 aliphatic heterocycles. The van der Waals surface area contributed by atoms with E-state index in [1.807, 2.05) is 0 Å². The van der Waals surface area contributed by atoms with Crippen molar-refractivity contribution < 1.29 is 13.9 Å². The van der Waals surface area contributed by atoms with Crippen molar-refractivity contribution in [3.05, 3.63) is 28.5 Å². The number of halogens is 2. The molecule has 2 unspecified atom stereocenters. The average Bonchev–Trinajstić information content (AvgIpc) is 2.89. The van der Waals surface area contributed by atoms with Gasteiger partial charge in [-0.15, -0.1) is 0 Å². The van der Waals surface area contributed by atoms with Crippen molar-refractivity contribution in [1.29, 1.82) is 0 Å². The maximum atomic E-state index is 12.9. The molecule has 0 spiro atoms. The zero-order valence-corrected chi connectivity index (χ0v) is 10.0. The predicted octanol–water partition coefficient (Wildman–Crippen LogP) is 2.23. The Labute approximate surface area is 101 Å². The summed E-state index contributed by atoms with van der Waals surface area (Å²) in [5, 5.41) is 0. The molecule has 0 radical (unpaired) electrons. The van der Waals surface area contributed by atoms with Gasteiger partial charge in [-0.25, -0.2) is 4.39 Å². The van der Waals surface area contributed by atoms with Gasteiger partial charge in [0.05, 0.1) is 4.47 Å². The van der Waals surface area contributed by atoms with Crippen LogP contribution in [0.5, 0.6) is 5.75 Å². The van der Waals surface area contributed by atoms with Gasteiger partial charge >= 0.3 is 0 Å². The van der Waals surface area contributed by atoms with Crippen LogP contribution in [-0.4, -0.2) is 12.0 Å². The maximum Gasteiger partial charge on any atom is 0.217 e. The zero-order chi connectivity index (χ0) is 11.7. The highest BCUT2D eigenvalue weighted by molar-refractivity contribution is 9.10. The second-order valence-electron chi connectivity index (χ2n) is 3.90. The van der Waals surface area contributed by atoms with E-state index in [0.29, 0.717) is 16.6 Å². The van der Waals surface area contributed by atoms with Crippen LogP contribution in [0.25, 0.3) is 0 Å². The third kappa shape index (κ3) is 2.72. The van der Waals surface area contributed by atoms with E-state index in [-0.39, 0.29) is 23.7 Å². The van der Waals surface area contributed by atoms with Crippen LogP contribution in [0.3, 0.4) is 0 Å². The van der Waals surface area contributed by atoms with Crippen LogP contribution in [0.1, 0.15) is 12.8 Å². The summed E-state index contributed by atoms with van der Waals surface area (Å²) in [6.07, 6.45) is 1.22. The fourth-order valence-corrected chi connectivity index (χ4v) is 1.92. The highest BCUT2D eigenvalue weighted by Crippen LogP contribution is 2.37. The van der Waals surface area contributed by atoms with E-state index in [4.69, 9.17) is 10.5 Å². The lowest BCUT2D eigenvalue weighted by molar-refractivity contribution is -0.118. The van der Waals surface area contributed by atoms with E-state index in [1.165, 1.54) is 6.07 Å². The highest BCUT2D eigenvalue weighted by Gasteiger charge is 2.40. The molecule has 2 N–H and O–H groups in total. The number of primary amides is 1. The fourth-order valence-electron chi connectivity index (χ4n) is 1.56. The van der Waals surface area contributed by atoms with Gasteiger partial charge in [0.15, 0.2) is 0 Å². The quantitative estimate of drug-likeness (QED) is 0.923. The second kappa shape index (κ2) is 4.41.